The summed E-state index contributed by atoms with van der Waals surface area (Å²) >= 11 is 1.42. The van der Waals surface area contributed by atoms with E-state index in [-0.39, 0.29) is 11.7 Å². The Morgan fingerprint density at radius 2 is 1.50 bits per heavy atom. The molecule has 7 nitrogen and oxygen atoms in total. The number of rotatable bonds is 5. The summed E-state index contributed by atoms with van der Waals surface area (Å²) in [5, 5.41) is 21.1. The lowest BCUT2D eigenvalue weighted by Crippen LogP contribution is -2.36. The van der Waals surface area contributed by atoms with E-state index in [0.29, 0.717) is 11.6 Å². The molecule has 0 atom stereocenters. The number of halogens is 1. The van der Waals surface area contributed by atoms with Crippen molar-refractivity contribution in [2.45, 2.75) is 38.1 Å². The number of thiazole rings is 1. The van der Waals surface area contributed by atoms with Gasteiger partial charge < -0.3 is 20.8 Å². The predicted octanol–water partition coefficient (Wildman–Crippen LogP) is 7.13. The lowest BCUT2D eigenvalue weighted by molar-refractivity contribution is 0.0927. The van der Waals surface area contributed by atoms with Crippen LogP contribution < -0.4 is 10.6 Å². The molecule has 0 unspecified atom stereocenters. The quantitative estimate of drug-likeness (QED) is 0.229. The van der Waals surface area contributed by atoms with Gasteiger partial charge in [0.1, 0.15) is 5.82 Å². The Kier molecular flexibility index (Phi) is 8.12. The molecule has 1 heterocycles. The van der Waals surface area contributed by atoms with Crippen molar-refractivity contribution in [3.05, 3.63) is 78.1 Å². The SMILES string of the molecule is O=C(NC1CCCCC1)c1ccc(-c2ccc(Nc3nc4ccc(F)cc4s3)cc2)cc1.O=C(O)O. The van der Waals surface area contributed by atoms with Crippen LogP contribution in [0.15, 0.2) is 66.7 Å². The molecular weight excluding hydrogens is 481 g/mol. The molecule has 1 aliphatic rings. The average Bonchev–Trinajstić information content (AvgIpc) is 3.26. The van der Waals surface area contributed by atoms with E-state index in [9.17, 15) is 9.18 Å². The summed E-state index contributed by atoms with van der Waals surface area (Å²) in [5.74, 6) is -0.242. The van der Waals surface area contributed by atoms with Crippen LogP contribution in [0.2, 0.25) is 0 Å². The molecule has 36 heavy (non-hydrogen) atoms. The first-order valence-electron chi connectivity index (χ1n) is 11.6. The topological polar surface area (TPSA) is 112 Å². The maximum atomic E-state index is 13.4. The van der Waals surface area contributed by atoms with Crippen LogP contribution in [0.25, 0.3) is 21.3 Å². The zero-order chi connectivity index (χ0) is 25.5. The second-order valence-electron chi connectivity index (χ2n) is 8.50. The van der Waals surface area contributed by atoms with Crippen molar-refractivity contribution in [1.29, 1.82) is 0 Å². The number of benzene rings is 3. The summed E-state index contributed by atoms with van der Waals surface area (Å²) in [4.78, 5) is 25.6. The monoisotopic (exact) mass is 507 g/mol. The summed E-state index contributed by atoms with van der Waals surface area (Å²) in [5.41, 5.74) is 4.52. The van der Waals surface area contributed by atoms with Crippen molar-refractivity contribution in [3.8, 4) is 11.1 Å². The molecule has 1 aromatic heterocycles. The van der Waals surface area contributed by atoms with Crippen molar-refractivity contribution in [2.75, 3.05) is 5.32 Å². The molecule has 0 saturated heterocycles. The van der Waals surface area contributed by atoms with E-state index in [4.69, 9.17) is 15.0 Å². The fraction of sp³-hybridized carbons (Fsp3) is 0.222. The van der Waals surface area contributed by atoms with Gasteiger partial charge in [-0.1, -0.05) is 54.9 Å². The lowest BCUT2D eigenvalue weighted by atomic mass is 9.95. The number of hydrogen-bond donors (Lipinski definition) is 4. The van der Waals surface area contributed by atoms with Gasteiger partial charge in [0, 0.05) is 17.3 Å². The minimum absolute atomic E-state index is 0.0127. The molecule has 0 bridgehead atoms. The lowest BCUT2D eigenvalue weighted by Gasteiger charge is -2.22. The number of carboxylic acid groups (broad SMARTS) is 2. The molecule has 1 saturated carbocycles. The molecule has 1 aliphatic carbocycles. The molecule has 186 valence electrons. The first-order chi connectivity index (χ1) is 17.4. The largest absolute Gasteiger partial charge is 0.503 e. The van der Waals surface area contributed by atoms with Gasteiger partial charge in [-0.05, 0) is 66.4 Å². The van der Waals surface area contributed by atoms with Crippen LogP contribution in [0.3, 0.4) is 0 Å². The Hall–Kier alpha value is -3.98. The Labute approximate surface area is 211 Å². The molecular formula is C27H26FN3O4S. The number of fused-ring (bicyclic) bond motifs is 1. The third-order valence-electron chi connectivity index (χ3n) is 5.91. The number of nitrogens with one attached hydrogen (secondary N) is 2. The molecule has 5 rings (SSSR count). The summed E-state index contributed by atoms with van der Waals surface area (Å²) in [7, 11) is 0. The van der Waals surface area contributed by atoms with Crippen molar-refractivity contribution >= 4 is 44.4 Å². The standard InChI is InChI=1S/C26H24FN3OS.CH2O3/c27-20-12-15-23-24(16-20)32-26(30-23)29-22-13-10-18(11-14-22)17-6-8-19(9-7-17)25(31)28-21-4-2-1-3-5-21;2-1(3)4/h6-16,21H,1-5H2,(H,28,31)(H,29,30);(H2,2,3,4). The molecule has 9 heteroatoms. The average molecular weight is 508 g/mol. The van der Waals surface area contributed by atoms with E-state index in [2.05, 4.69) is 15.6 Å². The molecule has 4 N–H and O–H groups in total. The number of carbonyl (C=O) groups is 2. The van der Waals surface area contributed by atoms with Crippen molar-refractivity contribution in [1.82, 2.24) is 10.3 Å². The number of hydrogen-bond acceptors (Lipinski definition) is 5. The van der Waals surface area contributed by atoms with Crippen LogP contribution in [-0.2, 0) is 0 Å². The molecule has 0 aliphatic heterocycles. The Bertz CT molecular complexity index is 1330. The molecule has 1 fully saturated rings. The first-order valence-corrected chi connectivity index (χ1v) is 12.5. The van der Waals surface area contributed by atoms with Crippen LogP contribution in [0, 0.1) is 5.82 Å². The summed E-state index contributed by atoms with van der Waals surface area (Å²) in [6, 6.07) is 20.7. The Balaban J connectivity index is 0.000000709. The van der Waals surface area contributed by atoms with E-state index >= 15 is 0 Å². The van der Waals surface area contributed by atoms with E-state index < -0.39 is 6.16 Å². The van der Waals surface area contributed by atoms with Gasteiger partial charge in [0.05, 0.1) is 10.2 Å². The minimum Gasteiger partial charge on any atom is -0.450 e. The van der Waals surface area contributed by atoms with Crippen LogP contribution in [0.5, 0.6) is 0 Å². The van der Waals surface area contributed by atoms with Gasteiger partial charge in [-0.2, -0.15) is 0 Å². The first kappa shape index (κ1) is 25.1. The number of nitrogens with zero attached hydrogens (tertiary/aromatic N) is 1. The minimum atomic E-state index is -1.83. The van der Waals surface area contributed by atoms with Gasteiger partial charge in [0.2, 0.25) is 0 Å². The van der Waals surface area contributed by atoms with Crippen LogP contribution in [0.1, 0.15) is 42.5 Å². The maximum Gasteiger partial charge on any atom is 0.503 e. The zero-order valence-electron chi connectivity index (χ0n) is 19.4. The number of aromatic nitrogens is 1. The van der Waals surface area contributed by atoms with Crippen molar-refractivity contribution in [2.24, 2.45) is 0 Å². The summed E-state index contributed by atoms with van der Waals surface area (Å²) in [6.45, 7) is 0. The smallest absolute Gasteiger partial charge is 0.450 e. The number of carbonyl (C=O) groups excluding carboxylic acids is 1. The highest BCUT2D eigenvalue weighted by Gasteiger charge is 2.16. The fourth-order valence-corrected chi connectivity index (χ4v) is 5.06. The molecule has 3 aromatic carbocycles. The predicted molar refractivity (Wildman–Crippen MR) is 140 cm³/mol. The van der Waals surface area contributed by atoms with Crippen LogP contribution >= 0.6 is 11.3 Å². The molecule has 0 spiro atoms. The van der Waals surface area contributed by atoms with Crippen molar-refractivity contribution < 1.29 is 24.2 Å². The molecule has 4 aromatic rings. The summed E-state index contributed by atoms with van der Waals surface area (Å²) in [6.07, 6.45) is 4.00. The highest BCUT2D eigenvalue weighted by atomic mass is 32.1. The Morgan fingerprint density at radius 3 is 2.14 bits per heavy atom. The highest BCUT2D eigenvalue weighted by Crippen LogP contribution is 2.30. The van der Waals surface area contributed by atoms with Gasteiger partial charge in [-0.15, -0.1) is 0 Å². The van der Waals surface area contributed by atoms with Crippen LogP contribution in [-0.4, -0.2) is 33.3 Å². The van der Waals surface area contributed by atoms with Gasteiger partial charge in [-0.3, -0.25) is 4.79 Å². The maximum absolute atomic E-state index is 13.4. The number of amides is 1. The Morgan fingerprint density at radius 1 is 0.889 bits per heavy atom. The van der Waals surface area contributed by atoms with Gasteiger partial charge >= 0.3 is 6.16 Å². The third kappa shape index (κ3) is 6.79. The van der Waals surface area contributed by atoms with Gasteiger partial charge in [-0.25, -0.2) is 14.2 Å². The zero-order valence-corrected chi connectivity index (χ0v) is 20.2. The molecule has 0 radical (unpaired) electrons. The molecule has 1 amide bonds. The summed E-state index contributed by atoms with van der Waals surface area (Å²) < 4.78 is 14.2. The van der Waals surface area contributed by atoms with E-state index in [0.717, 1.165) is 45.0 Å². The van der Waals surface area contributed by atoms with Crippen molar-refractivity contribution in [3.63, 3.8) is 0 Å². The normalized spacial score (nSPS) is 13.5. The second-order valence-corrected chi connectivity index (χ2v) is 9.53. The van der Waals surface area contributed by atoms with E-state index in [1.807, 2.05) is 48.5 Å². The van der Waals surface area contributed by atoms with Crippen LogP contribution in [0.4, 0.5) is 20.0 Å². The van der Waals surface area contributed by atoms with E-state index in [1.165, 1.54) is 42.7 Å². The highest BCUT2D eigenvalue weighted by molar-refractivity contribution is 7.22. The second kappa shape index (κ2) is 11.6. The third-order valence-corrected chi connectivity index (χ3v) is 6.84. The van der Waals surface area contributed by atoms with Gasteiger partial charge in [0.25, 0.3) is 5.91 Å². The van der Waals surface area contributed by atoms with E-state index in [1.54, 1.807) is 6.07 Å². The number of anilines is 2. The van der Waals surface area contributed by atoms with Gasteiger partial charge in [0.15, 0.2) is 5.13 Å². The fourth-order valence-electron chi connectivity index (χ4n) is 4.15.